The van der Waals surface area contributed by atoms with E-state index in [9.17, 15) is 17.6 Å². The number of sulfonamides is 1. The Labute approximate surface area is 167 Å². The normalized spacial score (nSPS) is 14.4. The maximum absolute atomic E-state index is 12.9. The summed E-state index contributed by atoms with van der Waals surface area (Å²) in [6.45, 7) is 0.269. The Bertz CT molecular complexity index is 1080. The molecule has 2 aromatic rings. The van der Waals surface area contributed by atoms with Gasteiger partial charge in [0.15, 0.2) is 0 Å². The van der Waals surface area contributed by atoms with Crippen molar-refractivity contribution in [3.05, 3.63) is 71.7 Å². The van der Waals surface area contributed by atoms with Crippen molar-refractivity contribution in [2.45, 2.75) is 11.3 Å². The van der Waals surface area contributed by atoms with Gasteiger partial charge in [0, 0.05) is 30.9 Å². The quantitative estimate of drug-likeness (QED) is 0.725. The van der Waals surface area contributed by atoms with Crippen LogP contribution in [0.5, 0.6) is 0 Å². The maximum atomic E-state index is 12.9. The van der Waals surface area contributed by atoms with Crippen LogP contribution in [0, 0.1) is 17.1 Å². The predicted octanol–water partition coefficient (Wildman–Crippen LogP) is 2.73. The second-order valence-corrected chi connectivity index (χ2v) is 8.04. The molecular weight excluding hydrogens is 399 g/mol. The van der Waals surface area contributed by atoms with Crippen molar-refractivity contribution in [3.63, 3.8) is 0 Å². The van der Waals surface area contributed by atoms with E-state index in [2.05, 4.69) is 10.8 Å². The highest BCUT2D eigenvalue weighted by molar-refractivity contribution is 7.89. The van der Waals surface area contributed by atoms with E-state index in [4.69, 9.17) is 10.1 Å². The van der Waals surface area contributed by atoms with Gasteiger partial charge in [-0.15, -0.1) is 0 Å². The largest absolute Gasteiger partial charge is 0.435 e. The molecule has 0 bridgehead atoms. The van der Waals surface area contributed by atoms with Crippen LogP contribution < -0.4 is 10.8 Å². The predicted molar refractivity (Wildman–Crippen MR) is 102 cm³/mol. The highest BCUT2D eigenvalue weighted by Gasteiger charge is 2.26. The number of carbonyl (C=O) groups is 1. The molecule has 0 unspecified atom stereocenters. The second kappa shape index (κ2) is 8.72. The Morgan fingerprint density at radius 2 is 1.97 bits per heavy atom. The molecule has 0 fully saturated rings. The molecule has 0 saturated heterocycles. The van der Waals surface area contributed by atoms with Crippen LogP contribution in [0.2, 0.25) is 0 Å². The van der Waals surface area contributed by atoms with Crippen LogP contribution in [0.3, 0.4) is 0 Å². The fourth-order valence-electron chi connectivity index (χ4n) is 2.63. The molecule has 0 aromatic heterocycles. The molecule has 1 aliphatic rings. The van der Waals surface area contributed by atoms with Crippen molar-refractivity contribution < 1.29 is 22.4 Å². The first kappa shape index (κ1) is 20.3. The molecule has 29 heavy (non-hydrogen) atoms. The van der Waals surface area contributed by atoms with E-state index in [0.29, 0.717) is 17.8 Å². The number of amides is 1. The Kier molecular flexibility index (Phi) is 6.11. The van der Waals surface area contributed by atoms with Crippen LogP contribution in [-0.4, -0.2) is 31.9 Å². The van der Waals surface area contributed by atoms with Crippen LogP contribution >= 0.6 is 0 Å². The molecule has 0 spiro atoms. The van der Waals surface area contributed by atoms with Crippen molar-refractivity contribution in [2.75, 3.05) is 18.4 Å². The van der Waals surface area contributed by atoms with Gasteiger partial charge in [0.2, 0.25) is 10.0 Å². The van der Waals surface area contributed by atoms with E-state index in [0.717, 1.165) is 0 Å². The lowest BCUT2D eigenvalue weighted by Crippen LogP contribution is -2.37. The zero-order chi connectivity index (χ0) is 20.9. The Hall–Kier alpha value is -3.42. The molecule has 2 N–H and O–H groups in total. The second-order valence-electron chi connectivity index (χ2n) is 6.11. The van der Waals surface area contributed by atoms with E-state index >= 15 is 0 Å². The van der Waals surface area contributed by atoms with Crippen LogP contribution in [-0.2, 0) is 14.9 Å². The highest BCUT2D eigenvalue weighted by Crippen LogP contribution is 2.20. The lowest BCUT2D eigenvalue weighted by molar-refractivity contribution is 0.116. The van der Waals surface area contributed by atoms with Gasteiger partial charge in [-0.05, 0) is 48.5 Å². The summed E-state index contributed by atoms with van der Waals surface area (Å²) in [7, 11) is -3.73. The molecule has 0 atom stereocenters. The maximum Gasteiger partial charge on any atom is 0.435 e. The number of carbonyl (C=O) groups excluding carboxylic acids is 1. The van der Waals surface area contributed by atoms with Gasteiger partial charge in [-0.1, -0.05) is 6.07 Å². The highest BCUT2D eigenvalue weighted by atomic mass is 32.2. The molecule has 3 rings (SSSR count). The van der Waals surface area contributed by atoms with Crippen LogP contribution in [0.25, 0.3) is 0 Å². The number of nitrogens with zero attached hydrogens (tertiary/aromatic N) is 2. The van der Waals surface area contributed by atoms with Crippen molar-refractivity contribution in [3.8, 4) is 6.07 Å². The molecule has 0 radical (unpaired) electrons. The molecule has 1 heterocycles. The average Bonchev–Trinajstić information content (AvgIpc) is 2.74. The third-order valence-corrected chi connectivity index (χ3v) is 6.00. The van der Waals surface area contributed by atoms with E-state index in [1.165, 1.54) is 52.8 Å². The van der Waals surface area contributed by atoms with Gasteiger partial charge in [0.25, 0.3) is 0 Å². The summed E-state index contributed by atoms with van der Waals surface area (Å²) in [6, 6.07) is 12.9. The number of rotatable bonds is 5. The van der Waals surface area contributed by atoms with Gasteiger partial charge < -0.3 is 4.84 Å². The fraction of sp³-hybridized carbons (Fsp3) is 0.158. The number of nitrogens with one attached hydrogen (secondary N) is 2. The molecule has 150 valence electrons. The first-order chi connectivity index (χ1) is 13.9. The van der Waals surface area contributed by atoms with E-state index < -0.39 is 21.9 Å². The number of anilines is 1. The molecule has 0 aliphatic carbocycles. The minimum Gasteiger partial charge on any atom is -0.324 e. The number of hydroxylamine groups is 1. The zero-order valence-electron chi connectivity index (χ0n) is 15.1. The number of halogens is 1. The average molecular weight is 416 g/mol. The summed E-state index contributed by atoms with van der Waals surface area (Å²) in [4.78, 5) is 16.7. The third-order valence-electron chi connectivity index (χ3n) is 4.14. The summed E-state index contributed by atoms with van der Waals surface area (Å²) in [6.07, 6.45) is 1.11. The van der Waals surface area contributed by atoms with E-state index in [1.54, 1.807) is 6.08 Å². The van der Waals surface area contributed by atoms with Gasteiger partial charge in [-0.2, -0.15) is 9.57 Å². The Balaban J connectivity index is 1.55. The first-order valence-corrected chi connectivity index (χ1v) is 10.0. The van der Waals surface area contributed by atoms with Crippen LogP contribution in [0.15, 0.2) is 65.2 Å². The molecule has 0 saturated carbocycles. The van der Waals surface area contributed by atoms with Gasteiger partial charge in [0.05, 0.1) is 16.5 Å². The first-order valence-electron chi connectivity index (χ1n) is 8.57. The van der Waals surface area contributed by atoms with E-state index in [1.807, 2.05) is 6.07 Å². The summed E-state index contributed by atoms with van der Waals surface area (Å²) in [5.74, 6) is -0.423. The fourth-order valence-corrected chi connectivity index (χ4v) is 4.05. The van der Waals surface area contributed by atoms with Crippen LogP contribution in [0.1, 0.15) is 12.0 Å². The molecule has 10 heteroatoms. The number of hydrogen-bond donors (Lipinski definition) is 2. The SMILES string of the molecule is N#Cc1cccc(S(=O)(=O)N2CC=C(NOC(=O)Nc3ccc(F)cc3)CC2)c1. The summed E-state index contributed by atoms with van der Waals surface area (Å²) in [5.41, 5.74) is 3.68. The zero-order valence-corrected chi connectivity index (χ0v) is 15.9. The van der Waals surface area contributed by atoms with Crippen molar-refractivity contribution >= 4 is 21.8 Å². The minimum atomic E-state index is -3.73. The molecular formula is C19H17FN4O4S. The van der Waals surface area contributed by atoms with Gasteiger partial charge in [-0.3, -0.25) is 5.32 Å². The molecule has 8 nitrogen and oxygen atoms in total. The standard InChI is InChI=1S/C19H17FN4O4S/c20-15-4-6-16(7-5-15)22-19(25)28-23-17-8-10-24(11-9-17)29(26,27)18-3-1-2-14(12-18)13-21/h1-8,12,23H,9-11H2,(H,22,25). The van der Waals surface area contributed by atoms with Gasteiger partial charge in [0.1, 0.15) is 5.82 Å². The Morgan fingerprint density at radius 1 is 1.21 bits per heavy atom. The van der Waals surface area contributed by atoms with Gasteiger partial charge in [-0.25, -0.2) is 23.1 Å². The molecule has 1 aliphatic heterocycles. The number of hydrogen-bond acceptors (Lipinski definition) is 6. The molecule has 1 amide bonds. The monoisotopic (exact) mass is 416 g/mol. The number of nitriles is 1. The Morgan fingerprint density at radius 3 is 2.62 bits per heavy atom. The molecule has 2 aromatic carbocycles. The van der Waals surface area contributed by atoms with Gasteiger partial charge >= 0.3 is 6.09 Å². The van der Waals surface area contributed by atoms with Crippen LogP contribution in [0.4, 0.5) is 14.9 Å². The lowest BCUT2D eigenvalue weighted by atomic mass is 10.2. The van der Waals surface area contributed by atoms with Crippen molar-refractivity contribution in [1.29, 1.82) is 5.26 Å². The minimum absolute atomic E-state index is 0.0521. The third kappa shape index (κ3) is 5.10. The van der Waals surface area contributed by atoms with Crippen molar-refractivity contribution in [2.24, 2.45) is 0 Å². The van der Waals surface area contributed by atoms with E-state index in [-0.39, 0.29) is 23.5 Å². The lowest BCUT2D eigenvalue weighted by Gasteiger charge is -2.26. The van der Waals surface area contributed by atoms with Crippen molar-refractivity contribution in [1.82, 2.24) is 9.79 Å². The number of benzene rings is 2. The summed E-state index contributed by atoms with van der Waals surface area (Å²) >= 11 is 0. The summed E-state index contributed by atoms with van der Waals surface area (Å²) < 4.78 is 39.5. The summed E-state index contributed by atoms with van der Waals surface area (Å²) in [5, 5.41) is 11.4. The smallest absolute Gasteiger partial charge is 0.324 e. The topological polar surface area (TPSA) is 112 Å².